The smallest absolute Gasteiger partial charge is 0.246 e. The van der Waals surface area contributed by atoms with Crippen molar-refractivity contribution in [2.45, 2.75) is 45.8 Å². The molecular weight excluding hydrogens is 240 g/mol. The Balaban J connectivity index is 2.30. The molecule has 1 aliphatic rings. The molecule has 1 saturated heterocycles. The largest absolute Gasteiger partial charge is 0.343 e. The Labute approximate surface area is 113 Å². The Morgan fingerprint density at radius 2 is 2.00 bits per heavy atom. The van der Waals surface area contributed by atoms with Gasteiger partial charge in [0.05, 0.1) is 0 Å². The van der Waals surface area contributed by atoms with Crippen molar-refractivity contribution in [3.05, 3.63) is 35.4 Å². The molecule has 0 aromatic heterocycles. The van der Waals surface area contributed by atoms with Gasteiger partial charge in [0.25, 0.3) is 0 Å². The van der Waals surface area contributed by atoms with Crippen molar-refractivity contribution >= 4 is 11.8 Å². The number of hydrogen-bond acceptors (Lipinski definition) is 2. The van der Waals surface area contributed by atoms with E-state index in [0.29, 0.717) is 6.54 Å². The average Bonchev–Trinajstić information content (AvgIpc) is 2.33. The summed E-state index contributed by atoms with van der Waals surface area (Å²) in [6.07, 6.45) is 0. The van der Waals surface area contributed by atoms with Crippen LogP contribution in [0.15, 0.2) is 24.3 Å². The molecule has 0 spiro atoms. The zero-order valence-corrected chi connectivity index (χ0v) is 11.9. The quantitative estimate of drug-likeness (QED) is 0.878. The first-order chi connectivity index (χ1) is 8.82. The van der Waals surface area contributed by atoms with Gasteiger partial charge in [0.15, 0.2) is 0 Å². The molecule has 4 nitrogen and oxygen atoms in total. The Kier molecular flexibility index (Phi) is 3.35. The molecule has 4 heteroatoms. The van der Waals surface area contributed by atoms with Gasteiger partial charge in [-0.25, -0.2) is 0 Å². The molecule has 1 atom stereocenters. The van der Waals surface area contributed by atoms with E-state index in [-0.39, 0.29) is 11.8 Å². The molecule has 2 amide bonds. The van der Waals surface area contributed by atoms with Gasteiger partial charge >= 0.3 is 0 Å². The third kappa shape index (κ3) is 2.48. The van der Waals surface area contributed by atoms with Crippen molar-refractivity contribution in [1.82, 2.24) is 10.2 Å². The van der Waals surface area contributed by atoms with Crippen LogP contribution in [0.3, 0.4) is 0 Å². The molecule has 2 rings (SSSR count). The summed E-state index contributed by atoms with van der Waals surface area (Å²) in [4.78, 5) is 26.0. The van der Waals surface area contributed by atoms with Crippen molar-refractivity contribution < 1.29 is 9.59 Å². The average molecular weight is 260 g/mol. The van der Waals surface area contributed by atoms with E-state index in [1.54, 1.807) is 25.7 Å². The summed E-state index contributed by atoms with van der Waals surface area (Å²) >= 11 is 0. The van der Waals surface area contributed by atoms with Crippen molar-refractivity contribution in [1.29, 1.82) is 0 Å². The van der Waals surface area contributed by atoms with Gasteiger partial charge < -0.3 is 10.2 Å². The number of carbonyl (C=O) groups excluding carboxylic acids is 2. The lowest BCUT2D eigenvalue weighted by molar-refractivity contribution is -0.155. The Bertz CT molecular complexity index is 523. The fraction of sp³-hybridized carbons (Fsp3) is 0.467. The first kappa shape index (κ1) is 13.6. The Morgan fingerprint density at radius 1 is 1.32 bits per heavy atom. The monoisotopic (exact) mass is 260 g/mol. The minimum Gasteiger partial charge on any atom is -0.343 e. The summed E-state index contributed by atoms with van der Waals surface area (Å²) in [5, 5.41) is 2.72. The predicted octanol–water partition coefficient (Wildman–Crippen LogP) is 1.62. The van der Waals surface area contributed by atoms with E-state index in [1.165, 1.54) is 0 Å². The number of nitrogens with one attached hydrogen (secondary N) is 1. The van der Waals surface area contributed by atoms with Crippen LogP contribution in [0.4, 0.5) is 0 Å². The lowest BCUT2D eigenvalue weighted by Crippen LogP contribution is -2.67. The van der Waals surface area contributed by atoms with E-state index in [2.05, 4.69) is 5.32 Å². The van der Waals surface area contributed by atoms with Gasteiger partial charge in [-0.05, 0) is 33.3 Å². The van der Waals surface area contributed by atoms with Crippen LogP contribution in [0, 0.1) is 6.92 Å². The number of hydrogen-bond donors (Lipinski definition) is 1. The third-order valence-electron chi connectivity index (χ3n) is 3.64. The van der Waals surface area contributed by atoms with E-state index in [9.17, 15) is 9.59 Å². The van der Waals surface area contributed by atoms with Crippen LogP contribution < -0.4 is 5.32 Å². The summed E-state index contributed by atoms with van der Waals surface area (Å²) in [5.41, 5.74) is 1.38. The van der Waals surface area contributed by atoms with E-state index in [0.717, 1.165) is 11.1 Å². The van der Waals surface area contributed by atoms with Gasteiger partial charge in [0, 0.05) is 6.54 Å². The lowest BCUT2D eigenvalue weighted by Gasteiger charge is -2.43. The fourth-order valence-electron chi connectivity index (χ4n) is 2.34. The molecule has 1 N–H and O–H groups in total. The van der Waals surface area contributed by atoms with E-state index in [4.69, 9.17) is 0 Å². The van der Waals surface area contributed by atoms with E-state index >= 15 is 0 Å². The van der Waals surface area contributed by atoms with Crippen LogP contribution in [-0.2, 0) is 16.1 Å². The standard InChI is InChI=1S/C15H20N2O2/c1-10-6-5-7-12(8-10)9-17-13(18)11(2)16-14(19)15(17,3)4/h5-8,11H,9H2,1-4H3,(H,16,19). The third-order valence-corrected chi connectivity index (χ3v) is 3.64. The molecule has 0 bridgehead atoms. The Hall–Kier alpha value is -1.84. The zero-order chi connectivity index (χ0) is 14.2. The highest BCUT2D eigenvalue weighted by Crippen LogP contribution is 2.23. The minimum atomic E-state index is -0.812. The van der Waals surface area contributed by atoms with Gasteiger partial charge in [0.1, 0.15) is 11.6 Å². The van der Waals surface area contributed by atoms with E-state index in [1.807, 2.05) is 31.2 Å². The highest BCUT2D eigenvalue weighted by molar-refractivity contribution is 5.99. The van der Waals surface area contributed by atoms with Crippen LogP contribution in [0.1, 0.15) is 31.9 Å². The number of piperazine rings is 1. The molecule has 19 heavy (non-hydrogen) atoms. The molecule has 102 valence electrons. The maximum Gasteiger partial charge on any atom is 0.246 e. The first-order valence-corrected chi connectivity index (χ1v) is 6.50. The summed E-state index contributed by atoms with van der Waals surface area (Å²) in [7, 11) is 0. The van der Waals surface area contributed by atoms with Crippen LogP contribution in [0.5, 0.6) is 0 Å². The normalized spacial score (nSPS) is 22.3. The number of benzene rings is 1. The summed E-state index contributed by atoms with van der Waals surface area (Å²) in [5.74, 6) is -0.140. The summed E-state index contributed by atoms with van der Waals surface area (Å²) in [6, 6.07) is 7.55. The summed E-state index contributed by atoms with van der Waals surface area (Å²) in [6.45, 7) is 7.76. The lowest BCUT2D eigenvalue weighted by atomic mass is 9.95. The molecule has 1 aromatic rings. The molecule has 1 heterocycles. The molecule has 0 saturated carbocycles. The summed E-state index contributed by atoms with van der Waals surface area (Å²) < 4.78 is 0. The molecular formula is C15H20N2O2. The topological polar surface area (TPSA) is 49.4 Å². The van der Waals surface area contributed by atoms with Crippen molar-refractivity contribution in [2.75, 3.05) is 0 Å². The zero-order valence-electron chi connectivity index (χ0n) is 11.9. The minimum absolute atomic E-state index is 0.0360. The maximum atomic E-state index is 12.3. The van der Waals surface area contributed by atoms with Gasteiger partial charge in [-0.15, -0.1) is 0 Å². The second-order valence-electron chi connectivity index (χ2n) is 5.67. The molecule has 0 aliphatic carbocycles. The van der Waals surface area contributed by atoms with Crippen LogP contribution in [0.25, 0.3) is 0 Å². The predicted molar refractivity (Wildman–Crippen MR) is 73.4 cm³/mol. The van der Waals surface area contributed by atoms with Gasteiger partial charge in [-0.1, -0.05) is 29.8 Å². The molecule has 0 radical (unpaired) electrons. The van der Waals surface area contributed by atoms with Crippen molar-refractivity contribution in [2.24, 2.45) is 0 Å². The number of aryl methyl sites for hydroxylation is 1. The van der Waals surface area contributed by atoms with Gasteiger partial charge in [0.2, 0.25) is 11.8 Å². The second kappa shape index (κ2) is 4.68. The number of nitrogens with zero attached hydrogens (tertiary/aromatic N) is 1. The van der Waals surface area contributed by atoms with Gasteiger partial charge in [-0.2, -0.15) is 0 Å². The first-order valence-electron chi connectivity index (χ1n) is 6.50. The molecule has 1 aliphatic heterocycles. The number of amides is 2. The van der Waals surface area contributed by atoms with Crippen LogP contribution >= 0.6 is 0 Å². The van der Waals surface area contributed by atoms with Crippen molar-refractivity contribution in [3.63, 3.8) is 0 Å². The molecule has 1 fully saturated rings. The molecule has 1 unspecified atom stereocenters. The molecule has 1 aromatic carbocycles. The van der Waals surface area contributed by atoms with E-state index < -0.39 is 11.6 Å². The highest BCUT2D eigenvalue weighted by atomic mass is 16.2. The van der Waals surface area contributed by atoms with Crippen LogP contribution in [0.2, 0.25) is 0 Å². The second-order valence-corrected chi connectivity index (χ2v) is 5.67. The number of rotatable bonds is 2. The Morgan fingerprint density at radius 3 is 2.63 bits per heavy atom. The van der Waals surface area contributed by atoms with Crippen molar-refractivity contribution in [3.8, 4) is 0 Å². The van der Waals surface area contributed by atoms with Crippen LogP contribution in [-0.4, -0.2) is 28.3 Å². The SMILES string of the molecule is Cc1cccc(CN2C(=O)C(C)NC(=O)C2(C)C)c1. The fourth-order valence-corrected chi connectivity index (χ4v) is 2.34. The number of carbonyl (C=O) groups is 2. The maximum absolute atomic E-state index is 12.3. The highest BCUT2D eigenvalue weighted by Gasteiger charge is 2.44. The van der Waals surface area contributed by atoms with Gasteiger partial charge in [-0.3, -0.25) is 9.59 Å².